The molecule has 0 N–H and O–H groups in total. The predicted molar refractivity (Wildman–Crippen MR) is 102 cm³/mol. The zero-order valence-corrected chi connectivity index (χ0v) is 21.3. The second-order valence-corrected chi connectivity index (χ2v) is 13.6. The Kier molecular flexibility index (Phi) is 68.2. The molecule has 0 fully saturated rings. The summed E-state index contributed by atoms with van der Waals surface area (Å²) in [5, 5.41) is 0. The fourth-order valence-corrected chi connectivity index (χ4v) is 11.4. The van der Waals surface area contributed by atoms with Crippen molar-refractivity contribution in [2.24, 2.45) is 0 Å². The maximum Gasteiger partial charge on any atom is 2.00 e. The number of allylic oxidation sites excluding steroid dienone is 4. The Morgan fingerprint density at radius 2 is 1.27 bits per heavy atom. The van der Waals surface area contributed by atoms with Gasteiger partial charge in [-0.3, -0.25) is 6.08 Å². The topological polar surface area (TPSA) is 0 Å². The summed E-state index contributed by atoms with van der Waals surface area (Å²) in [6, 6.07) is 0. The minimum absolute atomic E-state index is 0. The van der Waals surface area contributed by atoms with E-state index >= 15 is 0 Å². The van der Waals surface area contributed by atoms with Gasteiger partial charge in [0.25, 0.3) is 0 Å². The van der Waals surface area contributed by atoms with Crippen molar-refractivity contribution in [2.75, 3.05) is 0 Å². The number of hydrogen-bond donors (Lipinski definition) is 0. The van der Waals surface area contributed by atoms with Gasteiger partial charge in [-0.25, -0.2) is 12.2 Å². The predicted octanol–water partition coefficient (Wildman–Crippen LogP) is 0.649. The fraction of sp³-hybridized carbons (Fsp3) is 0.529. The molecule has 1 radical (unpaired) electrons. The molecule has 0 aliphatic heterocycles. The van der Waals surface area contributed by atoms with Gasteiger partial charge in [-0.05, 0) is 11.3 Å². The SMILES string of the molecule is CC(C)P(C(C)C)[Si](C)C.[C-]1=CC=CC1.[CH3-].[CH3-].[CH3-].[CH3-].[Cl-].[Cl-].[Ti+2]. The third-order valence-electron chi connectivity index (χ3n) is 2.21. The molecule has 0 aromatic heterocycles. The van der Waals surface area contributed by atoms with Crippen LogP contribution in [0.2, 0.25) is 13.1 Å². The van der Waals surface area contributed by atoms with Crippen LogP contribution < -0.4 is 24.8 Å². The van der Waals surface area contributed by atoms with Crippen molar-refractivity contribution in [1.29, 1.82) is 0 Å². The van der Waals surface area contributed by atoms with Crippen LogP contribution in [0, 0.1) is 35.8 Å². The van der Waals surface area contributed by atoms with Crippen molar-refractivity contribution in [3.05, 3.63) is 54.0 Å². The smallest absolute Gasteiger partial charge is 1.00 e. The van der Waals surface area contributed by atoms with E-state index < -0.39 is 0 Å². The first kappa shape index (κ1) is 49.5. The molecule has 137 valence electrons. The minimum atomic E-state index is -0.00720. The average molecular weight is 419 g/mol. The Balaban J connectivity index is -0.0000000244. The van der Waals surface area contributed by atoms with E-state index in [9.17, 15) is 0 Å². The summed E-state index contributed by atoms with van der Waals surface area (Å²) in [4.78, 5) is 0. The second kappa shape index (κ2) is 30.3. The molecule has 0 saturated carbocycles. The van der Waals surface area contributed by atoms with Gasteiger partial charge in [0.15, 0.2) is 0 Å². The Hall–Kier alpha value is 1.42. The zero-order chi connectivity index (χ0) is 11.8. The van der Waals surface area contributed by atoms with E-state index in [4.69, 9.17) is 0 Å². The summed E-state index contributed by atoms with van der Waals surface area (Å²) < 4.78 is 0. The number of hydrogen-bond acceptors (Lipinski definition) is 0. The van der Waals surface area contributed by atoms with Gasteiger partial charge in [0.2, 0.25) is 0 Å². The molecule has 0 aromatic carbocycles. The van der Waals surface area contributed by atoms with Crippen LogP contribution >= 0.6 is 7.47 Å². The minimum Gasteiger partial charge on any atom is -1.00 e. The monoisotopic (exact) mass is 418 g/mol. The Bertz CT molecular complexity index is 192. The van der Waals surface area contributed by atoms with E-state index in [2.05, 4.69) is 52.9 Å². The summed E-state index contributed by atoms with van der Waals surface area (Å²) in [5.41, 5.74) is 1.89. The summed E-state index contributed by atoms with van der Waals surface area (Å²) in [5.74, 6) is 0. The van der Waals surface area contributed by atoms with Gasteiger partial charge in [-0.15, -0.1) is 13.9 Å². The van der Waals surface area contributed by atoms with Gasteiger partial charge in [-0.1, -0.05) is 40.8 Å². The molecular formula is C17H37Cl2PSiTi-5. The average Bonchev–Trinajstić information content (AvgIpc) is 2.56. The summed E-state index contributed by atoms with van der Waals surface area (Å²) in [6.45, 7) is 14.4. The van der Waals surface area contributed by atoms with Crippen molar-refractivity contribution in [1.82, 2.24) is 0 Å². The Morgan fingerprint density at radius 1 is 0.909 bits per heavy atom. The molecule has 0 aromatic rings. The van der Waals surface area contributed by atoms with Crippen molar-refractivity contribution < 1.29 is 46.5 Å². The van der Waals surface area contributed by atoms with E-state index in [1.807, 2.05) is 12.2 Å². The molecule has 0 heterocycles. The van der Waals surface area contributed by atoms with Crippen LogP contribution in [-0.2, 0) is 21.7 Å². The van der Waals surface area contributed by atoms with Gasteiger partial charge < -0.3 is 54.5 Å². The first-order chi connectivity index (χ1) is 6.96. The summed E-state index contributed by atoms with van der Waals surface area (Å²) in [6.07, 6.45) is 10.0. The molecule has 0 saturated heterocycles. The van der Waals surface area contributed by atoms with Crippen molar-refractivity contribution >= 4 is 15.9 Å². The van der Waals surface area contributed by atoms with E-state index in [1.54, 1.807) is 0 Å². The standard InChI is InChI=1S/C8H20PSi.C5H5.4CH3.2ClH.Ti/c1-7(2)9(8(3)4)10(5)6;1-2-4-5-3-1;;;;;;;/h7-8H,1-6H3;1-3H,4H2;4*1H3;2*1H;/q;5*-1;;;+2/p-2. The van der Waals surface area contributed by atoms with Crippen LogP contribution in [0.3, 0.4) is 0 Å². The number of rotatable bonds is 3. The molecule has 1 aliphatic carbocycles. The fourth-order valence-electron chi connectivity index (χ4n) is 1.97. The van der Waals surface area contributed by atoms with Gasteiger partial charge in [0, 0.05) is 0 Å². The molecule has 0 unspecified atom stereocenters. The Morgan fingerprint density at radius 3 is 1.32 bits per heavy atom. The summed E-state index contributed by atoms with van der Waals surface area (Å²) in [7, 11) is 0.357. The second-order valence-electron chi connectivity index (χ2n) is 4.55. The van der Waals surface area contributed by atoms with Crippen molar-refractivity contribution in [2.45, 2.75) is 58.5 Å². The van der Waals surface area contributed by atoms with Crippen molar-refractivity contribution in [3.63, 3.8) is 0 Å². The van der Waals surface area contributed by atoms with Gasteiger partial charge in [-0.2, -0.15) is 6.08 Å². The van der Waals surface area contributed by atoms with E-state index in [1.165, 1.54) is 0 Å². The zero-order valence-electron chi connectivity index (χ0n) is 16.3. The molecule has 1 rings (SSSR count). The van der Waals surface area contributed by atoms with Gasteiger partial charge >= 0.3 is 21.7 Å². The van der Waals surface area contributed by atoms with Crippen LogP contribution in [0.15, 0.2) is 18.2 Å². The van der Waals surface area contributed by atoms with Gasteiger partial charge in [0.1, 0.15) is 0 Å². The Labute approximate surface area is 174 Å². The third-order valence-corrected chi connectivity index (χ3v) is 11.7. The normalized spacial score (nSPS) is 9.73. The maximum atomic E-state index is 2.99. The van der Waals surface area contributed by atoms with Crippen LogP contribution in [0.1, 0.15) is 34.1 Å². The molecular weight excluding hydrogens is 382 g/mol. The molecule has 0 amide bonds. The maximum absolute atomic E-state index is 2.99. The van der Waals surface area contributed by atoms with Crippen LogP contribution in [0.5, 0.6) is 0 Å². The van der Waals surface area contributed by atoms with Crippen molar-refractivity contribution in [3.8, 4) is 0 Å². The molecule has 0 atom stereocenters. The first-order valence-corrected chi connectivity index (χ1v) is 10.6. The molecule has 1 aliphatic rings. The third kappa shape index (κ3) is 26.3. The molecule has 5 heteroatoms. The van der Waals surface area contributed by atoms with E-state index in [0.29, 0.717) is 7.47 Å². The van der Waals surface area contributed by atoms with Crippen LogP contribution in [0.25, 0.3) is 0 Å². The van der Waals surface area contributed by atoms with Crippen LogP contribution in [-0.4, -0.2) is 19.8 Å². The van der Waals surface area contributed by atoms with E-state index in [-0.39, 0.29) is 84.7 Å². The molecule has 0 bridgehead atoms. The molecule has 22 heavy (non-hydrogen) atoms. The van der Waals surface area contributed by atoms with Crippen LogP contribution in [0.4, 0.5) is 0 Å². The van der Waals surface area contributed by atoms with Gasteiger partial charge in [0.05, 0.1) is 8.46 Å². The van der Waals surface area contributed by atoms with E-state index in [0.717, 1.165) is 17.7 Å². The first-order valence-electron chi connectivity index (χ1n) is 5.77. The summed E-state index contributed by atoms with van der Waals surface area (Å²) >= 11 is 0. The molecule has 0 spiro atoms. The number of halogens is 2. The molecule has 0 nitrogen and oxygen atoms in total. The quantitative estimate of drug-likeness (QED) is 0.358. The largest absolute Gasteiger partial charge is 2.00 e.